The Bertz CT molecular complexity index is 590. The van der Waals surface area contributed by atoms with E-state index < -0.39 is 0 Å². The van der Waals surface area contributed by atoms with Crippen LogP contribution < -0.4 is 0 Å². The number of rotatable bonds is 5. The van der Waals surface area contributed by atoms with Crippen LogP contribution in [0.25, 0.3) is 0 Å². The highest BCUT2D eigenvalue weighted by atomic mass is 127. The zero-order valence-corrected chi connectivity index (χ0v) is 13.6. The predicted molar refractivity (Wildman–Crippen MR) is 87.0 cm³/mol. The largest absolute Gasteiger partial charge is 0.462 e. The number of nitrogens with zero attached hydrogens (tertiary/aromatic N) is 1. The van der Waals surface area contributed by atoms with E-state index in [1.807, 2.05) is 18.3 Å². The second-order valence-electron chi connectivity index (χ2n) is 4.22. The Morgan fingerprint density at radius 2 is 2.20 bits per heavy atom. The number of ether oxygens (including phenoxy) is 1. The van der Waals surface area contributed by atoms with Gasteiger partial charge in [-0.3, -0.25) is 4.98 Å². The van der Waals surface area contributed by atoms with Gasteiger partial charge in [0.25, 0.3) is 0 Å². The molecule has 0 aliphatic heterocycles. The molecule has 1 heterocycles. The Balaban J connectivity index is 1.80. The van der Waals surface area contributed by atoms with Crippen molar-refractivity contribution in [3.8, 4) is 0 Å². The maximum Gasteiger partial charge on any atom is 0.339 e. The van der Waals surface area contributed by atoms with Crippen molar-refractivity contribution >= 4 is 40.2 Å². The zero-order valence-electron chi connectivity index (χ0n) is 10.7. The van der Waals surface area contributed by atoms with Crippen LogP contribution in [0.1, 0.15) is 22.3 Å². The Morgan fingerprint density at radius 1 is 1.35 bits per heavy atom. The summed E-state index contributed by atoms with van der Waals surface area (Å²) in [5.41, 5.74) is 1.70. The summed E-state index contributed by atoms with van der Waals surface area (Å²) in [7, 11) is 0. The average molecular weight is 402 g/mol. The van der Waals surface area contributed by atoms with Crippen LogP contribution in [0.3, 0.4) is 0 Å². The first-order chi connectivity index (χ1) is 9.66. The fourth-order valence-electron chi connectivity index (χ4n) is 1.72. The van der Waals surface area contributed by atoms with Crippen LogP contribution in [0, 0.1) is 3.57 Å². The Morgan fingerprint density at radius 3 is 2.90 bits per heavy atom. The molecule has 0 unspecified atom stereocenters. The van der Waals surface area contributed by atoms with Gasteiger partial charge in [-0.2, -0.15) is 0 Å². The Hall–Kier alpha value is -1.14. The van der Waals surface area contributed by atoms with Gasteiger partial charge in [0.05, 0.1) is 12.2 Å². The Labute approximate surface area is 136 Å². The molecule has 0 atom stereocenters. The van der Waals surface area contributed by atoms with Gasteiger partial charge in [0.2, 0.25) is 0 Å². The van der Waals surface area contributed by atoms with Crippen LogP contribution >= 0.6 is 34.2 Å². The quantitative estimate of drug-likeness (QED) is 0.430. The third-order valence-electron chi connectivity index (χ3n) is 2.72. The van der Waals surface area contributed by atoms with E-state index in [2.05, 4.69) is 27.6 Å². The maximum absolute atomic E-state index is 11.9. The minimum absolute atomic E-state index is 0.308. The number of carbonyl (C=O) groups is 1. The molecule has 20 heavy (non-hydrogen) atoms. The molecule has 0 radical (unpaired) electrons. The lowest BCUT2D eigenvalue weighted by atomic mass is 10.2. The zero-order chi connectivity index (χ0) is 14.4. The highest BCUT2D eigenvalue weighted by Crippen LogP contribution is 2.18. The fraction of sp³-hybridized carbons (Fsp3) is 0.200. The van der Waals surface area contributed by atoms with E-state index in [4.69, 9.17) is 16.3 Å². The van der Waals surface area contributed by atoms with Crippen molar-refractivity contribution in [2.75, 3.05) is 6.61 Å². The molecule has 1 aromatic carbocycles. The molecule has 1 aromatic heterocycles. The van der Waals surface area contributed by atoms with Gasteiger partial charge in [-0.15, -0.1) is 0 Å². The summed E-state index contributed by atoms with van der Waals surface area (Å²) in [5, 5.41) is 0.613. The van der Waals surface area contributed by atoms with Gasteiger partial charge >= 0.3 is 5.97 Å². The fourth-order valence-corrected chi connectivity index (χ4v) is 2.81. The third kappa shape index (κ3) is 4.45. The summed E-state index contributed by atoms with van der Waals surface area (Å²) < 4.78 is 6.06. The van der Waals surface area contributed by atoms with E-state index in [0.717, 1.165) is 22.0 Å². The van der Waals surface area contributed by atoms with E-state index in [0.29, 0.717) is 17.2 Å². The molecule has 0 fully saturated rings. The van der Waals surface area contributed by atoms with E-state index in [9.17, 15) is 4.79 Å². The first-order valence-corrected chi connectivity index (χ1v) is 7.63. The van der Waals surface area contributed by atoms with Crippen molar-refractivity contribution in [1.29, 1.82) is 0 Å². The number of pyridine rings is 1. The van der Waals surface area contributed by atoms with Crippen molar-refractivity contribution in [2.45, 2.75) is 12.8 Å². The molecule has 0 N–H and O–H groups in total. The highest BCUT2D eigenvalue weighted by molar-refractivity contribution is 14.1. The number of aryl methyl sites for hydroxylation is 1. The van der Waals surface area contributed by atoms with Gasteiger partial charge in [-0.1, -0.05) is 17.7 Å². The molecule has 3 nitrogen and oxygen atoms in total. The number of aromatic nitrogens is 1. The first-order valence-electron chi connectivity index (χ1n) is 6.18. The van der Waals surface area contributed by atoms with Gasteiger partial charge in [0.1, 0.15) is 0 Å². The second kappa shape index (κ2) is 7.59. The highest BCUT2D eigenvalue weighted by Gasteiger charge is 2.11. The first kappa shape index (κ1) is 15.3. The summed E-state index contributed by atoms with van der Waals surface area (Å²) in [5.74, 6) is -0.308. The number of esters is 1. The smallest absolute Gasteiger partial charge is 0.339 e. The number of hydrogen-bond acceptors (Lipinski definition) is 3. The van der Waals surface area contributed by atoms with Crippen molar-refractivity contribution in [2.24, 2.45) is 0 Å². The molecule has 5 heteroatoms. The predicted octanol–water partition coefficient (Wildman–Crippen LogP) is 4.13. The minimum Gasteiger partial charge on any atom is -0.462 e. The molecule has 0 spiro atoms. The van der Waals surface area contributed by atoms with Gasteiger partial charge in [0.15, 0.2) is 0 Å². The van der Waals surface area contributed by atoms with Crippen LogP contribution in [0.5, 0.6) is 0 Å². The number of halogens is 2. The monoisotopic (exact) mass is 401 g/mol. The van der Waals surface area contributed by atoms with Crippen molar-refractivity contribution < 1.29 is 9.53 Å². The normalized spacial score (nSPS) is 10.3. The molecular formula is C15H13ClINO2. The van der Waals surface area contributed by atoms with Gasteiger partial charge in [-0.25, -0.2) is 4.79 Å². The molecule has 0 saturated carbocycles. The van der Waals surface area contributed by atoms with Crippen molar-refractivity contribution in [3.63, 3.8) is 0 Å². The second-order valence-corrected chi connectivity index (χ2v) is 5.82. The van der Waals surface area contributed by atoms with Crippen LogP contribution in [0.15, 0.2) is 42.7 Å². The lowest BCUT2D eigenvalue weighted by Crippen LogP contribution is -2.08. The molecule has 2 aromatic rings. The number of carbonyl (C=O) groups excluding carboxylic acids is 1. The SMILES string of the molecule is O=C(OCCCc1cccnc1)c1ccc(Cl)cc1I. The number of hydrogen-bond donors (Lipinski definition) is 0. The molecule has 2 rings (SSSR count). The van der Waals surface area contributed by atoms with Crippen LogP contribution in [0.4, 0.5) is 0 Å². The molecule has 0 aliphatic carbocycles. The molecule has 104 valence electrons. The lowest BCUT2D eigenvalue weighted by molar-refractivity contribution is 0.0499. The van der Waals surface area contributed by atoms with Crippen LogP contribution in [-0.2, 0) is 11.2 Å². The van der Waals surface area contributed by atoms with E-state index in [-0.39, 0.29) is 5.97 Å². The molecule has 0 saturated heterocycles. The van der Waals surface area contributed by atoms with Crippen LogP contribution in [-0.4, -0.2) is 17.6 Å². The van der Waals surface area contributed by atoms with Crippen molar-refractivity contribution in [3.05, 3.63) is 62.4 Å². The summed E-state index contributed by atoms with van der Waals surface area (Å²) in [6.45, 7) is 0.395. The molecule has 0 amide bonds. The van der Waals surface area contributed by atoms with Gasteiger partial charge in [-0.05, 0) is 65.3 Å². The summed E-state index contributed by atoms with van der Waals surface area (Å²) >= 11 is 7.93. The summed E-state index contributed by atoms with van der Waals surface area (Å²) in [4.78, 5) is 16.0. The minimum atomic E-state index is -0.308. The van der Waals surface area contributed by atoms with E-state index in [1.54, 1.807) is 24.4 Å². The van der Waals surface area contributed by atoms with Gasteiger partial charge < -0.3 is 4.74 Å². The Kier molecular flexibility index (Phi) is 5.79. The van der Waals surface area contributed by atoms with Gasteiger partial charge in [0, 0.05) is 21.0 Å². The molecule has 0 aliphatic rings. The topological polar surface area (TPSA) is 39.2 Å². The summed E-state index contributed by atoms with van der Waals surface area (Å²) in [6.07, 6.45) is 5.19. The molecular weight excluding hydrogens is 389 g/mol. The average Bonchev–Trinajstić information content (AvgIpc) is 2.44. The van der Waals surface area contributed by atoms with Crippen LogP contribution in [0.2, 0.25) is 5.02 Å². The standard InChI is InChI=1S/C15H13ClINO2/c16-12-5-6-13(14(17)9-12)15(19)20-8-2-4-11-3-1-7-18-10-11/h1,3,5-7,9-10H,2,4,8H2. The molecule has 0 bridgehead atoms. The third-order valence-corrected chi connectivity index (χ3v) is 3.84. The van der Waals surface area contributed by atoms with Crippen molar-refractivity contribution in [1.82, 2.24) is 4.98 Å². The van der Waals surface area contributed by atoms with E-state index >= 15 is 0 Å². The number of benzene rings is 1. The maximum atomic E-state index is 11.9. The lowest BCUT2D eigenvalue weighted by Gasteiger charge is -2.06. The summed E-state index contributed by atoms with van der Waals surface area (Å²) in [6, 6.07) is 9.03. The van der Waals surface area contributed by atoms with E-state index in [1.165, 1.54) is 0 Å².